The average molecular weight is 282 g/mol. The highest BCUT2D eigenvalue weighted by Gasteiger charge is 2.21. The molecule has 0 amide bonds. The summed E-state index contributed by atoms with van der Waals surface area (Å²) < 4.78 is 18.3. The van der Waals surface area contributed by atoms with Crippen LogP contribution in [0.1, 0.15) is 25.6 Å². The Bertz CT molecular complexity index is 579. The predicted molar refractivity (Wildman–Crippen MR) is 71.9 cm³/mol. The topological polar surface area (TPSA) is 91.0 Å². The van der Waals surface area contributed by atoms with Gasteiger partial charge in [0.25, 0.3) is 0 Å². The summed E-state index contributed by atoms with van der Waals surface area (Å²) in [5, 5.41) is 3.81. The number of benzene rings is 1. The number of aromatic nitrogens is 2. The zero-order valence-corrected chi connectivity index (χ0v) is 11.5. The maximum Gasteiger partial charge on any atom is 0.237 e. The Morgan fingerprint density at radius 3 is 2.74 bits per heavy atom. The van der Waals surface area contributed by atoms with Crippen molar-refractivity contribution in [3.05, 3.63) is 35.7 Å². The zero-order valence-electron chi connectivity index (χ0n) is 10.7. The molecular formula is C12H15FN4OS. The molecule has 5 nitrogen and oxygen atoms in total. The van der Waals surface area contributed by atoms with Crippen molar-refractivity contribution in [2.24, 2.45) is 5.73 Å². The molecule has 0 atom stereocenters. The van der Waals surface area contributed by atoms with Gasteiger partial charge < -0.3 is 16.0 Å². The van der Waals surface area contributed by atoms with Crippen molar-refractivity contribution < 1.29 is 8.91 Å². The third kappa shape index (κ3) is 3.45. The summed E-state index contributed by atoms with van der Waals surface area (Å²) in [5.74, 6) is 0.925. The Hall–Kier alpha value is -1.60. The first-order valence-corrected chi connectivity index (χ1v) is 6.64. The van der Waals surface area contributed by atoms with Gasteiger partial charge in [0.05, 0.1) is 17.0 Å². The van der Waals surface area contributed by atoms with E-state index >= 15 is 0 Å². The van der Waals surface area contributed by atoms with Crippen LogP contribution in [0.4, 0.5) is 10.1 Å². The molecule has 0 radical (unpaired) electrons. The summed E-state index contributed by atoms with van der Waals surface area (Å²) in [5.41, 5.74) is 10.8. The quantitative estimate of drug-likeness (QED) is 0.660. The van der Waals surface area contributed by atoms with Gasteiger partial charge in [-0.15, -0.1) is 11.8 Å². The van der Waals surface area contributed by atoms with E-state index in [2.05, 4.69) is 10.1 Å². The van der Waals surface area contributed by atoms with Crippen LogP contribution in [0, 0.1) is 5.82 Å². The third-order valence-corrected chi connectivity index (χ3v) is 3.36. The molecule has 0 bridgehead atoms. The second kappa shape index (κ2) is 5.18. The van der Waals surface area contributed by atoms with Crippen molar-refractivity contribution >= 4 is 17.4 Å². The molecule has 1 heterocycles. The van der Waals surface area contributed by atoms with Crippen molar-refractivity contribution in [3.63, 3.8) is 0 Å². The minimum atomic E-state index is -0.639. The summed E-state index contributed by atoms with van der Waals surface area (Å²) in [6, 6.07) is 4.65. The van der Waals surface area contributed by atoms with E-state index in [1.165, 1.54) is 23.9 Å². The maximum absolute atomic E-state index is 13.3. The van der Waals surface area contributed by atoms with Gasteiger partial charge in [-0.3, -0.25) is 0 Å². The smallest absolute Gasteiger partial charge is 0.237 e. The number of nitrogens with zero attached hydrogens (tertiary/aromatic N) is 2. The van der Waals surface area contributed by atoms with Crippen LogP contribution in [0.5, 0.6) is 0 Å². The second-order valence-electron chi connectivity index (χ2n) is 4.71. The van der Waals surface area contributed by atoms with E-state index in [-0.39, 0.29) is 5.69 Å². The molecule has 1 aromatic heterocycles. The van der Waals surface area contributed by atoms with Gasteiger partial charge >= 0.3 is 0 Å². The Labute approximate surface area is 114 Å². The summed E-state index contributed by atoms with van der Waals surface area (Å²) in [4.78, 5) is 4.94. The van der Waals surface area contributed by atoms with Gasteiger partial charge in [-0.05, 0) is 32.0 Å². The molecule has 0 aliphatic heterocycles. The molecule has 2 rings (SSSR count). The van der Waals surface area contributed by atoms with Crippen molar-refractivity contribution in [2.75, 3.05) is 5.73 Å². The fourth-order valence-electron chi connectivity index (χ4n) is 1.32. The Balaban J connectivity index is 2.02. The molecular weight excluding hydrogens is 267 g/mol. The van der Waals surface area contributed by atoms with Gasteiger partial charge in [0, 0.05) is 4.90 Å². The number of nitrogen functional groups attached to an aromatic ring is 1. The summed E-state index contributed by atoms with van der Waals surface area (Å²) >= 11 is 1.39. The molecule has 0 spiro atoms. The lowest BCUT2D eigenvalue weighted by Crippen LogP contribution is -2.30. The molecule has 4 N–H and O–H groups in total. The van der Waals surface area contributed by atoms with Crippen LogP contribution in [0.3, 0.4) is 0 Å². The number of halogens is 1. The Morgan fingerprint density at radius 1 is 1.42 bits per heavy atom. The first-order chi connectivity index (χ1) is 8.86. The largest absolute Gasteiger partial charge is 0.396 e. The second-order valence-corrected chi connectivity index (χ2v) is 5.75. The number of rotatable bonds is 4. The molecule has 19 heavy (non-hydrogen) atoms. The van der Waals surface area contributed by atoms with Gasteiger partial charge in [-0.1, -0.05) is 5.16 Å². The van der Waals surface area contributed by atoms with E-state index in [4.69, 9.17) is 16.0 Å². The van der Waals surface area contributed by atoms with E-state index < -0.39 is 11.4 Å². The third-order valence-electron chi connectivity index (χ3n) is 2.38. The van der Waals surface area contributed by atoms with Crippen molar-refractivity contribution in [1.82, 2.24) is 10.1 Å². The van der Waals surface area contributed by atoms with Crippen LogP contribution >= 0.6 is 11.8 Å². The van der Waals surface area contributed by atoms with E-state index in [9.17, 15) is 4.39 Å². The molecule has 0 unspecified atom stereocenters. The number of anilines is 1. The summed E-state index contributed by atoms with van der Waals surface area (Å²) in [6.45, 7) is 3.59. The molecule has 0 saturated heterocycles. The summed E-state index contributed by atoms with van der Waals surface area (Å²) in [7, 11) is 0. The molecule has 1 aromatic carbocycles. The number of hydrogen-bond acceptors (Lipinski definition) is 6. The lowest BCUT2D eigenvalue weighted by atomic mass is 10.1. The van der Waals surface area contributed by atoms with Crippen molar-refractivity contribution in [2.45, 2.75) is 30.0 Å². The molecule has 102 valence electrons. The average Bonchev–Trinajstić information content (AvgIpc) is 2.79. The fourth-order valence-corrected chi connectivity index (χ4v) is 2.08. The highest BCUT2D eigenvalue weighted by molar-refractivity contribution is 7.98. The van der Waals surface area contributed by atoms with E-state index in [0.717, 1.165) is 4.90 Å². The van der Waals surface area contributed by atoms with Gasteiger partial charge in [-0.25, -0.2) is 4.39 Å². The molecule has 0 aliphatic carbocycles. The molecule has 2 aromatic rings. The van der Waals surface area contributed by atoms with Crippen LogP contribution in [0.15, 0.2) is 27.6 Å². The predicted octanol–water partition coefficient (Wildman–Crippen LogP) is 2.28. The molecule has 0 saturated carbocycles. The first kappa shape index (κ1) is 13.8. The highest BCUT2D eigenvalue weighted by atomic mass is 32.2. The Morgan fingerprint density at radius 2 is 2.16 bits per heavy atom. The van der Waals surface area contributed by atoms with Crippen molar-refractivity contribution in [3.8, 4) is 0 Å². The van der Waals surface area contributed by atoms with Crippen LogP contribution < -0.4 is 11.5 Å². The lowest BCUT2D eigenvalue weighted by Gasteiger charge is -2.11. The minimum Gasteiger partial charge on any atom is -0.396 e. The van der Waals surface area contributed by atoms with Gasteiger partial charge in [0.2, 0.25) is 5.89 Å². The van der Waals surface area contributed by atoms with E-state index in [1.807, 2.05) is 0 Å². The van der Waals surface area contributed by atoms with Crippen LogP contribution in [-0.4, -0.2) is 10.1 Å². The SMILES string of the molecule is CC(C)(N)c1noc(CSc2ccc(N)c(F)c2)n1. The molecule has 0 fully saturated rings. The van der Waals surface area contributed by atoms with Gasteiger partial charge in [-0.2, -0.15) is 4.98 Å². The normalized spacial score (nSPS) is 11.8. The first-order valence-electron chi connectivity index (χ1n) is 5.66. The lowest BCUT2D eigenvalue weighted by molar-refractivity contribution is 0.370. The van der Waals surface area contributed by atoms with E-state index in [1.54, 1.807) is 19.9 Å². The van der Waals surface area contributed by atoms with Gasteiger partial charge in [0.15, 0.2) is 5.82 Å². The van der Waals surface area contributed by atoms with Crippen LogP contribution in [-0.2, 0) is 11.3 Å². The molecule has 0 aliphatic rings. The van der Waals surface area contributed by atoms with Crippen molar-refractivity contribution in [1.29, 1.82) is 0 Å². The summed E-state index contributed by atoms with van der Waals surface area (Å²) in [6.07, 6.45) is 0. The van der Waals surface area contributed by atoms with Gasteiger partial charge in [0.1, 0.15) is 5.82 Å². The monoisotopic (exact) mass is 282 g/mol. The maximum atomic E-state index is 13.3. The molecule has 7 heteroatoms. The van der Waals surface area contributed by atoms with E-state index in [0.29, 0.717) is 17.5 Å². The fraction of sp³-hybridized carbons (Fsp3) is 0.333. The zero-order chi connectivity index (χ0) is 14.0. The highest BCUT2D eigenvalue weighted by Crippen LogP contribution is 2.25. The number of thioether (sulfide) groups is 1. The van der Waals surface area contributed by atoms with Crippen LogP contribution in [0.25, 0.3) is 0 Å². The van der Waals surface area contributed by atoms with Crippen LogP contribution in [0.2, 0.25) is 0 Å². The Kier molecular flexibility index (Phi) is 3.77. The number of nitrogens with two attached hydrogens (primary N) is 2. The minimum absolute atomic E-state index is 0.134. The number of hydrogen-bond donors (Lipinski definition) is 2. The standard InChI is InChI=1S/C12H15FN4OS/c1-12(2,15)11-16-10(18-17-11)6-19-7-3-4-9(14)8(13)5-7/h3-5H,6,14-15H2,1-2H3.